The largest absolute Gasteiger partial charge is 0.459 e. The summed E-state index contributed by atoms with van der Waals surface area (Å²) in [5, 5.41) is 16.9. The minimum atomic E-state index is -0.806. The van der Waals surface area contributed by atoms with Crippen molar-refractivity contribution in [1.29, 1.82) is 0 Å². The lowest BCUT2D eigenvalue weighted by Gasteiger charge is -2.39. The smallest absolute Gasteiger partial charge is 0.303 e. The zero-order valence-corrected chi connectivity index (χ0v) is 26.9. The second kappa shape index (κ2) is 15.8. The second-order valence-electron chi connectivity index (χ2n) is 12.6. The van der Waals surface area contributed by atoms with Gasteiger partial charge >= 0.3 is 5.97 Å². The second-order valence-corrected chi connectivity index (χ2v) is 12.6. The van der Waals surface area contributed by atoms with Gasteiger partial charge in [0.1, 0.15) is 23.9 Å². The summed E-state index contributed by atoms with van der Waals surface area (Å²) in [5.41, 5.74) is 1.38. The summed E-state index contributed by atoms with van der Waals surface area (Å²) in [6.07, 6.45) is 8.60. The number of allylic oxidation sites excluding steroid dienone is 2. The van der Waals surface area contributed by atoms with Gasteiger partial charge in [-0.2, -0.15) is 0 Å². The van der Waals surface area contributed by atoms with Crippen LogP contribution in [0.1, 0.15) is 65.9 Å². The van der Waals surface area contributed by atoms with Crippen LogP contribution in [0.15, 0.2) is 66.3 Å². The molecular weight excluding hydrogens is 576 g/mol. The molecule has 1 aromatic carbocycles. The minimum Gasteiger partial charge on any atom is -0.459 e. The van der Waals surface area contributed by atoms with Crippen molar-refractivity contribution in [2.75, 3.05) is 6.61 Å². The maximum Gasteiger partial charge on any atom is 0.303 e. The highest BCUT2D eigenvalue weighted by molar-refractivity contribution is 5.87. The molecule has 246 valence electrons. The monoisotopic (exact) mass is 624 g/mol. The number of aliphatic hydroxyl groups is 1. The molecule has 0 aromatic heterocycles. The van der Waals surface area contributed by atoms with Gasteiger partial charge in [-0.1, -0.05) is 61.1 Å². The molecule has 3 aliphatic rings. The van der Waals surface area contributed by atoms with Gasteiger partial charge in [-0.15, -0.1) is 0 Å². The molecule has 1 spiro atoms. The third kappa shape index (κ3) is 10.4. The van der Waals surface area contributed by atoms with Crippen molar-refractivity contribution in [3.63, 3.8) is 0 Å². The van der Waals surface area contributed by atoms with E-state index in [1.807, 2.05) is 56.3 Å². The van der Waals surface area contributed by atoms with E-state index >= 15 is 0 Å². The maximum absolute atomic E-state index is 12.6. The summed E-state index contributed by atoms with van der Waals surface area (Å²) in [7, 11) is 0. The Morgan fingerprint density at radius 2 is 1.87 bits per heavy atom. The lowest BCUT2D eigenvalue weighted by molar-refractivity contribution is -0.145. The first-order valence-electron chi connectivity index (χ1n) is 15.9. The molecule has 3 N–H and O–H groups in total. The lowest BCUT2D eigenvalue weighted by Crippen LogP contribution is -2.50. The number of rotatable bonds is 12. The average Bonchev–Trinajstić information content (AvgIpc) is 3.77. The summed E-state index contributed by atoms with van der Waals surface area (Å²) in [4.78, 5) is 36.1. The molecule has 0 radical (unpaired) electrons. The molecule has 10 heteroatoms. The summed E-state index contributed by atoms with van der Waals surface area (Å²) < 4.78 is 23.2. The number of esters is 1. The minimum absolute atomic E-state index is 0.00512. The van der Waals surface area contributed by atoms with Gasteiger partial charge in [-0.3, -0.25) is 14.4 Å². The van der Waals surface area contributed by atoms with Gasteiger partial charge in [0.25, 0.3) is 0 Å². The van der Waals surface area contributed by atoms with Crippen LogP contribution in [-0.2, 0) is 39.9 Å². The fourth-order valence-corrected chi connectivity index (χ4v) is 5.96. The molecule has 3 aliphatic heterocycles. The van der Waals surface area contributed by atoms with Gasteiger partial charge in [-0.25, -0.2) is 0 Å². The molecule has 4 rings (SSSR count). The van der Waals surface area contributed by atoms with Gasteiger partial charge in [0.15, 0.2) is 0 Å². The number of ether oxygens (including phenoxy) is 4. The molecule has 0 aliphatic carbocycles. The Labute approximate surface area is 266 Å². The van der Waals surface area contributed by atoms with Crippen molar-refractivity contribution in [3.05, 3.63) is 71.8 Å². The number of benzene rings is 1. The van der Waals surface area contributed by atoms with E-state index in [1.54, 1.807) is 13.0 Å². The molecule has 9 atom stereocenters. The van der Waals surface area contributed by atoms with Crippen LogP contribution in [0.4, 0.5) is 0 Å². The van der Waals surface area contributed by atoms with Crippen LogP contribution < -0.4 is 10.6 Å². The van der Waals surface area contributed by atoms with Gasteiger partial charge < -0.3 is 34.7 Å². The number of carbonyl (C=O) groups is 3. The first kappa shape index (κ1) is 34.6. The topological polar surface area (TPSA) is 136 Å². The number of amides is 2. The molecule has 2 amide bonds. The highest BCUT2D eigenvalue weighted by Gasteiger charge is 2.58. The van der Waals surface area contributed by atoms with Crippen molar-refractivity contribution in [2.24, 2.45) is 5.92 Å². The average molecular weight is 625 g/mol. The molecule has 0 unspecified atom stereocenters. The van der Waals surface area contributed by atoms with Gasteiger partial charge in [0.05, 0.1) is 37.4 Å². The maximum atomic E-state index is 12.6. The Balaban J connectivity index is 1.25. The van der Waals surface area contributed by atoms with E-state index in [0.29, 0.717) is 26.0 Å². The number of carbonyl (C=O) groups excluding carboxylic acids is 3. The van der Waals surface area contributed by atoms with Crippen molar-refractivity contribution >= 4 is 17.8 Å². The van der Waals surface area contributed by atoms with E-state index < -0.39 is 29.9 Å². The molecule has 3 saturated heterocycles. The number of hydrogen-bond donors (Lipinski definition) is 3. The van der Waals surface area contributed by atoms with Gasteiger partial charge in [0, 0.05) is 26.0 Å². The molecule has 1 aromatic rings. The molecular formula is C35H48N2O8. The van der Waals surface area contributed by atoms with Crippen LogP contribution in [-0.4, -0.2) is 77.8 Å². The van der Waals surface area contributed by atoms with Crippen molar-refractivity contribution in [1.82, 2.24) is 10.6 Å². The molecule has 10 nitrogen and oxygen atoms in total. The summed E-state index contributed by atoms with van der Waals surface area (Å²) >= 11 is 0. The van der Waals surface area contributed by atoms with E-state index in [9.17, 15) is 19.5 Å². The highest BCUT2D eigenvalue weighted by Crippen LogP contribution is 2.43. The number of nitrogens with one attached hydrogen (secondary N) is 2. The quantitative estimate of drug-likeness (QED) is 0.139. The normalized spacial score (nSPS) is 32.4. The van der Waals surface area contributed by atoms with Crippen LogP contribution >= 0.6 is 0 Å². The van der Waals surface area contributed by atoms with Crippen molar-refractivity contribution in [2.45, 2.75) is 115 Å². The third-order valence-corrected chi connectivity index (χ3v) is 8.67. The Morgan fingerprint density at radius 1 is 1.13 bits per heavy atom. The first-order valence-corrected chi connectivity index (χ1v) is 15.9. The molecule has 0 saturated carbocycles. The Bertz CT molecular complexity index is 1260. The summed E-state index contributed by atoms with van der Waals surface area (Å²) in [6.45, 7) is 10.0. The van der Waals surface area contributed by atoms with Gasteiger partial charge in [0.2, 0.25) is 11.8 Å². The standard InChI is InChI=1S/C35H48N2O8/c1-22(11-14-30-23(2)17-29(25(4)44-30)37-32(39)16-13-24(3)43-26(5)38)12-15-31-34(41)35(21-42-35)19-28(45-31)18-33(40)36-20-27-9-7-6-8-10-27/h6-13,15-16,23-25,28-31,34,41H,14,17-21H2,1-5H3,(H,36,40)(H,37,39)/b15-12+,16-13-,22-11+/t23-,24-,25+,28+,29+,30-,31+,34+,35+/m0/s1. The Kier molecular flexibility index (Phi) is 12.1. The van der Waals surface area contributed by atoms with Crippen LogP contribution in [0, 0.1) is 5.92 Å². The Hall–Kier alpha value is -3.31. The third-order valence-electron chi connectivity index (χ3n) is 8.67. The van der Waals surface area contributed by atoms with Crippen LogP contribution in [0.5, 0.6) is 0 Å². The van der Waals surface area contributed by atoms with Crippen molar-refractivity contribution in [3.8, 4) is 0 Å². The Morgan fingerprint density at radius 3 is 2.56 bits per heavy atom. The predicted octanol–water partition coefficient (Wildman–Crippen LogP) is 3.68. The summed E-state index contributed by atoms with van der Waals surface area (Å²) in [6, 6.07) is 9.62. The molecule has 45 heavy (non-hydrogen) atoms. The fourth-order valence-electron chi connectivity index (χ4n) is 5.96. The first-order chi connectivity index (χ1) is 21.4. The number of epoxide rings is 1. The van der Waals surface area contributed by atoms with E-state index in [2.05, 4.69) is 23.6 Å². The molecule has 3 heterocycles. The van der Waals surface area contributed by atoms with E-state index in [0.717, 1.165) is 17.6 Å². The lowest BCUT2D eigenvalue weighted by atomic mass is 9.87. The predicted molar refractivity (Wildman–Crippen MR) is 169 cm³/mol. The van der Waals surface area contributed by atoms with Crippen LogP contribution in [0.3, 0.4) is 0 Å². The molecule has 3 fully saturated rings. The van der Waals surface area contributed by atoms with E-state index in [4.69, 9.17) is 18.9 Å². The SMILES string of the molecule is CC(=O)O[C@@H](C)/C=C\C(=O)N[C@@H]1C[C@H](C)[C@H](C/C=C(C)/C=C/[C@H]2O[C@H](CC(=O)NCc3ccccc3)C[C@@]3(CO3)[C@@H]2O)O[C@@H]1C. The fraction of sp³-hybridized carbons (Fsp3) is 0.571. The van der Waals surface area contributed by atoms with E-state index in [-0.39, 0.29) is 48.5 Å². The summed E-state index contributed by atoms with van der Waals surface area (Å²) in [5.74, 6) is -0.528. The van der Waals surface area contributed by atoms with Gasteiger partial charge in [-0.05, 0) is 51.2 Å². The zero-order chi connectivity index (χ0) is 32.6. The molecule has 0 bridgehead atoms. The van der Waals surface area contributed by atoms with Crippen molar-refractivity contribution < 1.29 is 38.4 Å². The van der Waals surface area contributed by atoms with Crippen LogP contribution in [0.25, 0.3) is 0 Å². The zero-order valence-electron chi connectivity index (χ0n) is 26.9. The number of hydrogen-bond acceptors (Lipinski definition) is 8. The number of aliphatic hydroxyl groups excluding tert-OH is 1. The van der Waals surface area contributed by atoms with Crippen LogP contribution in [0.2, 0.25) is 0 Å². The van der Waals surface area contributed by atoms with E-state index in [1.165, 1.54) is 13.0 Å². The highest BCUT2D eigenvalue weighted by atomic mass is 16.6.